The van der Waals surface area contributed by atoms with Crippen molar-refractivity contribution in [2.45, 2.75) is 19.9 Å². The SMILES string of the molecule is CCc1nc2ccsc2c(=O)n1Cc1ccc(Cl)cc1. The summed E-state index contributed by atoms with van der Waals surface area (Å²) in [4.78, 5) is 17.1. The van der Waals surface area contributed by atoms with Crippen LogP contribution in [0, 0.1) is 0 Å². The lowest BCUT2D eigenvalue weighted by molar-refractivity contribution is 0.687. The third-order valence-electron chi connectivity index (χ3n) is 3.22. The van der Waals surface area contributed by atoms with Gasteiger partial charge in [0.25, 0.3) is 5.56 Å². The molecule has 2 heterocycles. The summed E-state index contributed by atoms with van der Waals surface area (Å²) in [6, 6.07) is 9.45. The molecule has 20 heavy (non-hydrogen) atoms. The molecule has 3 nitrogen and oxygen atoms in total. The molecule has 2 aromatic heterocycles. The molecule has 0 amide bonds. The van der Waals surface area contributed by atoms with Crippen LogP contribution >= 0.6 is 22.9 Å². The van der Waals surface area contributed by atoms with E-state index in [0.29, 0.717) is 11.6 Å². The zero-order valence-electron chi connectivity index (χ0n) is 11.0. The van der Waals surface area contributed by atoms with Gasteiger partial charge in [-0.15, -0.1) is 11.3 Å². The van der Waals surface area contributed by atoms with Crippen LogP contribution in [0.25, 0.3) is 10.2 Å². The number of aryl methyl sites for hydroxylation is 1. The highest BCUT2D eigenvalue weighted by molar-refractivity contribution is 7.17. The summed E-state index contributed by atoms with van der Waals surface area (Å²) in [5.41, 5.74) is 1.88. The molecule has 3 rings (SSSR count). The molecule has 0 unspecified atom stereocenters. The minimum atomic E-state index is 0.0387. The Morgan fingerprint density at radius 3 is 2.70 bits per heavy atom. The van der Waals surface area contributed by atoms with Crippen LogP contribution in [0.1, 0.15) is 18.3 Å². The first-order valence-corrected chi connectivity index (χ1v) is 7.66. The standard InChI is InChI=1S/C15H13ClN2OS/c1-2-13-17-12-7-8-20-14(12)15(19)18(13)9-10-3-5-11(16)6-4-10/h3-8H,2,9H2,1H3. The van der Waals surface area contributed by atoms with Gasteiger partial charge in [-0.25, -0.2) is 4.98 Å². The van der Waals surface area contributed by atoms with Gasteiger partial charge in [0.15, 0.2) is 0 Å². The number of benzene rings is 1. The van der Waals surface area contributed by atoms with E-state index in [1.807, 2.05) is 42.6 Å². The van der Waals surface area contributed by atoms with Crippen LogP contribution in [-0.4, -0.2) is 9.55 Å². The molecule has 0 saturated heterocycles. The predicted octanol–water partition coefficient (Wildman–Crippen LogP) is 3.72. The van der Waals surface area contributed by atoms with Crippen LogP contribution in [0.2, 0.25) is 5.02 Å². The van der Waals surface area contributed by atoms with E-state index in [1.54, 1.807) is 4.57 Å². The number of hydrogen-bond acceptors (Lipinski definition) is 3. The van der Waals surface area contributed by atoms with Crippen LogP contribution < -0.4 is 5.56 Å². The molecule has 1 aromatic carbocycles. The van der Waals surface area contributed by atoms with Crippen molar-refractivity contribution in [1.29, 1.82) is 0 Å². The lowest BCUT2D eigenvalue weighted by atomic mass is 10.2. The number of thiophene rings is 1. The summed E-state index contributed by atoms with van der Waals surface area (Å²) in [5.74, 6) is 0.816. The van der Waals surface area contributed by atoms with Gasteiger partial charge in [-0.1, -0.05) is 30.7 Å². The van der Waals surface area contributed by atoms with Gasteiger partial charge in [0, 0.05) is 11.4 Å². The summed E-state index contributed by atoms with van der Waals surface area (Å²) in [7, 11) is 0. The number of aromatic nitrogens is 2. The molecule has 0 saturated carbocycles. The summed E-state index contributed by atoms with van der Waals surface area (Å²) in [5, 5.41) is 2.61. The zero-order chi connectivity index (χ0) is 14.1. The van der Waals surface area contributed by atoms with E-state index in [0.717, 1.165) is 28.0 Å². The molecule has 0 radical (unpaired) electrons. The fourth-order valence-electron chi connectivity index (χ4n) is 2.20. The van der Waals surface area contributed by atoms with E-state index in [2.05, 4.69) is 4.98 Å². The molecule has 0 fully saturated rings. The Morgan fingerprint density at radius 1 is 1.25 bits per heavy atom. The second-order valence-corrected chi connectivity index (χ2v) is 5.89. The van der Waals surface area contributed by atoms with Crippen LogP contribution in [0.15, 0.2) is 40.5 Å². The van der Waals surface area contributed by atoms with Gasteiger partial charge in [-0.05, 0) is 29.1 Å². The topological polar surface area (TPSA) is 34.9 Å². The molecule has 0 aliphatic rings. The average Bonchev–Trinajstić information content (AvgIpc) is 2.92. The summed E-state index contributed by atoms with van der Waals surface area (Å²) in [6.07, 6.45) is 0.731. The fourth-order valence-corrected chi connectivity index (χ4v) is 3.10. The smallest absolute Gasteiger partial charge is 0.271 e. The Bertz CT molecular complexity index is 805. The Labute approximate surface area is 125 Å². The second-order valence-electron chi connectivity index (χ2n) is 4.53. The summed E-state index contributed by atoms with van der Waals surface area (Å²) >= 11 is 7.33. The predicted molar refractivity (Wildman–Crippen MR) is 83.8 cm³/mol. The first-order valence-electron chi connectivity index (χ1n) is 6.40. The van der Waals surface area contributed by atoms with Gasteiger partial charge in [0.2, 0.25) is 0 Å². The van der Waals surface area contributed by atoms with Crippen molar-refractivity contribution in [3.63, 3.8) is 0 Å². The number of rotatable bonds is 3. The minimum Gasteiger partial charge on any atom is -0.291 e. The van der Waals surface area contributed by atoms with Crippen LogP contribution in [0.3, 0.4) is 0 Å². The van der Waals surface area contributed by atoms with Crippen molar-refractivity contribution in [3.8, 4) is 0 Å². The summed E-state index contributed by atoms with van der Waals surface area (Å²) in [6.45, 7) is 2.54. The highest BCUT2D eigenvalue weighted by atomic mass is 35.5. The number of hydrogen-bond donors (Lipinski definition) is 0. The van der Waals surface area contributed by atoms with Gasteiger partial charge >= 0.3 is 0 Å². The molecule has 0 aliphatic heterocycles. The molecule has 102 valence electrons. The Balaban J connectivity index is 2.11. The highest BCUT2D eigenvalue weighted by Crippen LogP contribution is 2.16. The van der Waals surface area contributed by atoms with Crippen molar-refractivity contribution in [2.75, 3.05) is 0 Å². The van der Waals surface area contributed by atoms with E-state index < -0.39 is 0 Å². The van der Waals surface area contributed by atoms with Gasteiger partial charge < -0.3 is 0 Å². The first-order chi connectivity index (χ1) is 9.69. The number of halogens is 1. The van der Waals surface area contributed by atoms with Crippen molar-refractivity contribution < 1.29 is 0 Å². The number of fused-ring (bicyclic) bond motifs is 1. The van der Waals surface area contributed by atoms with E-state index in [1.165, 1.54) is 11.3 Å². The molecular weight excluding hydrogens is 292 g/mol. The van der Waals surface area contributed by atoms with Gasteiger partial charge in [0.05, 0.1) is 12.1 Å². The molecular formula is C15H13ClN2OS. The van der Waals surface area contributed by atoms with E-state index in [4.69, 9.17) is 11.6 Å². The van der Waals surface area contributed by atoms with E-state index in [9.17, 15) is 4.79 Å². The highest BCUT2D eigenvalue weighted by Gasteiger charge is 2.11. The maximum Gasteiger partial charge on any atom is 0.271 e. The second kappa shape index (κ2) is 5.38. The largest absolute Gasteiger partial charge is 0.291 e. The van der Waals surface area contributed by atoms with Gasteiger partial charge in [-0.2, -0.15) is 0 Å². The Morgan fingerprint density at radius 2 is 2.00 bits per heavy atom. The Kier molecular flexibility index (Phi) is 3.59. The lowest BCUT2D eigenvalue weighted by Gasteiger charge is -2.11. The van der Waals surface area contributed by atoms with E-state index >= 15 is 0 Å². The molecule has 0 bridgehead atoms. The van der Waals surface area contributed by atoms with Gasteiger partial charge in [0.1, 0.15) is 10.5 Å². The molecule has 0 aliphatic carbocycles. The van der Waals surface area contributed by atoms with Crippen molar-refractivity contribution >= 4 is 33.2 Å². The van der Waals surface area contributed by atoms with Crippen molar-refractivity contribution in [1.82, 2.24) is 9.55 Å². The number of nitrogens with zero attached hydrogens (tertiary/aromatic N) is 2. The fraction of sp³-hybridized carbons (Fsp3) is 0.200. The third kappa shape index (κ3) is 2.37. The third-order valence-corrected chi connectivity index (χ3v) is 4.36. The normalized spacial score (nSPS) is 11.1. The summed E-state index contributed by atoms with van der Waals surface area (Å²) < 4.78 is 2.47. The molecule has 0 spiro atoms. The monoisotopic (exact) mass is 304 g/mol. The first kappa shape index (κ1) is 13.3. The Hall–Kier alpha value is -1.65. The average molecular weight is 305 g/mol. The molecule has 0 N–H and O–H groups in total. The molecule has 3 aromatic rings. The van der Waals surface area contributed by atoms with Crippen molar-refractivity contribution in [3.05, 3.63) is 62.5 Å². The van der Waals surface area contributed by atoms with Gasteiger partial charge in [-0.3, -0.25) is 9.36 Å². The quantitative estimate of drug-likeness (QED) is 0.739. The van der Waals surface area contributed by atoms with Crippen LogP contribution in [0.4, 0.5) is 0 Å². The maximum atomic E-state index is 12.5. The van der Waals surface area contributed by atoms with E-state index in [-0.39, 0.29) is 5.56 Å². The molecule has 0 atom stereocenters. The zero-order valence-corrected chi connectivity index (χ0v) is 12.5. The van der Waals surface area contributed by atoms with Crippen LogP contribution in [0.5, 0.6) is 0 Å². The minimum absolute atomic E-state index is 0.0387. The molecule has 5 heteroatoms. The van der Waals surface area contributed by atoms with Crippen LogP contribution in [-0.2, 0) is 13.0 Å². The maximum absolute atomic E-state index is 12.5. The van der Waals surface area contributed by atoms with Crippen molar-refractivity contribution in [2.24, 2.45) is 0 Å². The lowest BCUT2D eigenvalue weighted by Crippen LogP contribution is -2.25.